The topological polar surface area (TPSA) is 26.3 Å². The summed E-state index contributed by atoms with van der Waals surface area (Å²) in [4.78, 5) is 15.7. The third-order valence-electron chi connectivity index (χ3n) is 3.87. The molecule has 26 heavy (non-hydrogen) atoms. The van der Waals surface area contributed by atoms with Gasteiger partial charge in [0.2, 0.25) is 0 Å². The Morgan fingerprint density at radius 2 is 1.31 bits per heavy atom. The van der Waals surface area contributed by atoms with Crippen molar-refractivity contribution in [3.8, 4) is 5.75 Å². The summed E-state index contributed by atoms with van der Waals surface area (Å²) < 4.78 is 6.22. The van der Waals surface area contributed by atoms with Gasteiger partial charge < -0.3 is 4.74 Å². The number of halogens is 1. The Morgan fingerprint density at radius 3 is 1.77 bits per heavy atom. The average molecular weight is 475 g/mol. The van der Waals surface area contributed by atoms with Crippen LogP contribution in [0.15, 0.2) is 99.6 Å². The number of benzene rings is 3. The predicted octanol–water partition coefficient (Wildman–Crippen LogP) is 5.76. The molecule has 4 heteroatoms. The largest absolute Gasteiger partial charge is 0.426 e. The Bertz CT molecular complexity index is 796. The quantitative estimate of drug-likeness (QED) is 0.149. The van der Waals surface area contributed by atoms with Gasteiger partial charge >= 0.3 is 5.97 Å². The normalized spacial score (nSPS) is 12.0. The van der Waals surface area contributed by atoms with Gasteiger partial charge in [-0.1, -0.05) is 65.9 Å². The number of carbonyl (C=O) groups is 1. The highest BCUT2D eigenvalue weighted by molar-refractivity contribution is 14.1. The van der Waals surface area contributed by atoms with Gasteiger partial charge in [0.25, 0.3) is 0 Å². The molecule has 1 unspecified atom stereocenters. The summed E-state index contributed by atoms with van der Waals surface area (Å²) in [6.07, 6.45) is 0. The van der Waals surface area contributed by atoms with E-state index in [0.29, 0.717) is 5.75 Å². The van der Waals surface area contributed by atoms with Crippen LogP contribution in [0.2, 0.25) is 0 Å². The Morgan fingerprint density at radius 1 is 0.846 bits per heavy atom. The van der Waals surface area contributed by atoms with Crippen molar-refractivity contribution < 1.29 is 9.53 Å². The van der Waals surface area contributed by atoms with Gasteiger partial charge in [-0.25, -0.2) is 0 Å². The molecule has 0 radical (unpaired) electrons. The van der Waals surface area contributed by atoms with E-state index in [1.165, 1.54) is 14.7 Å². The molecule has 0 aromatic heterocycles. The number of esters is 1. The van der Waals surface area contributed by atoms with E-state index in [1.807, 2.05) is 31.2 Å². The predicted molar refractivity (Wildman–Crippen MR) is 115 cm³/mol. The minimum atomic E-state index is -0.188. The second-order valence-electron chi connectivity index (χ2n) is 5.88. The van der Waals surface area contributed by atoms with Gasteiger partial charge in [0.15, 0.2) is 14.7 Å². The number of hydrogen-bond acceptors (Lipinski definition) is 2. The van der Waals surface area contributed by atoms with Crippen molar-refractivity contribution in [1.29, 1.82) is 0 Å². The van der Waals surface area contributed by atoms with Crippen LogP contribution in [0.25, 0.3) is 0 Å². The second-order valence-corrected chi connectivity index (χ2v) is 8.79. The fourth-order valence-corrected chi connectivity index (χ4v) is 4.89. The molecule has 0 aliphatic heterocycles. The van der Waals surface area contributed by atoms with E-state index in [1.54, 1.807) is 0 Å². The van der Waals surface area contributed by atoms with Crippen LogP contribution >= 0.6 is 22.6 Å². The lowest BCUT2D eigenvalue weighted by molar-refractivity contribution is -0.137. The summed E-state index contributed by atoms with van der Waals surface area (Å²) in [5.41, 5.74) is 0. The maximum atomic E-state index is 12.0. The van der Waals surface area contributed by atoms with Crippen molar-refractivity contribution in [3.63, 3.8) is 0 Å². The molecular formula is C22H20IO2S+. The van der Waals surface area contributed by atoms with Gasteiger partial charge in [0, 0.05) is 4.43 Å². The molecule has 0 saturated carbocycles. The first-order valence-electron chi connectivity index (χ1n) is 8.41. The van der Waals surface area contributed by atoms with Crippen LogP contribution in [0.5, 0.6) is 5.75 Å². The maximum Gasteiger partial charge on any atom is 0.314 e. The SMILES string of the molecule is CC(CI)C(=O)Oc1ccc([S+](c2ccccc2)c2ccccc2)cc1. The van der Waals surface area contributed by atoms with Crippen LogP contribution in [-0.4, -0.2) is 10.4 Å². The molecule has 3 aromatic rings. The second kappa shape index (κ2) is 9.24. The number of rotatable bonds is 6. The van der Waals surface area contributed by atoms with Crippen molar-refractivity contribution in [3.05, 3.63) is 84.9 Å². The molecule has 0 heterocycles. The van der Waals surface area contributed by atoms with E-state index < -0.39 is 0 Å². The summed E-state index contributed by atoms with van der Waals surface area (Å²) in [5.74, 6) is 0.316. The monoisotopic (exact) mass is 475 g/mol. The molecule has 0 aliphatic rings. The molecule has 0 N–H and O–H groups in total. The molecule has 0 fully saturated rings. The molecule has 132 valence electrons. The van der Waals surface area contributed by atoms with Gasteiger partial charge in [0.05, 0.1) is 16.8 Å². The van der Waals surface area contributed by atoms with Crippen LogP contribution in [-0.2, 0) is 15.7 Å². The van der Waals surface area contributed by atoms with Gasteiger partial charge in [-0.15, -0.1) is 0 Å². The average Bonchev–Trinajstić information content (AvgIpc) is 2.70. The molecule has 0 bridgehead atoms. The van der Waals surface area contributed by atoms with Crippen molar-refractivity contribution in [1.82, 2.24) is 0 Å². The van der Waals surface area contributed by atoms with Crippen molar-refractivity contribution >= 4 is 39.5 Å². The van der Waals surface area contributed by atoms with Gasteiger partial charge in [-0.2, -0.15) is 0 Å². The first kappa shape index (κ1) is 19.0. The van der Waals surface area contributed by atoms with E-state index in [-0.39, 0.29) is 22.8 Å². The van der Waals surface area contributed by atoms with E-state index in [9.17, 15) is 4.79 Å². The zero-order chi connectivity index (χ0) is 18.4. The fraction of sp³-hybridized carbons (Fsp3) is 0.136. The maximum absolute atomic E-state index is 12.0. The van der Waals surface area contributed by atoms with Crippen LogP contribution in [0, 0.1) is 5.92 Å². The Balaban J connectivity index is 1.89. The zero-order valence-electron chi connectivity index (χ0n) is 14.5. The summed E-state index contributed by atoms with van der Waals surface area (Å²) >= 11 is 2.20. The van der Waals surface area contributed by atoms with Crippen LogP contribution in [0.3, 0.4) is 0 Å². The van der Waals surface area contributed by atoms with Crippen LogP contribution in [0.4, 0.5) is 0 Å². The minimum absolute atomic E-state index is 0.0986. The first-order valence-corrected chi connectivity index (χ1v) is 11.2. The van der Waals surface area contributed by atoms with Crippen molar-refractivity contribution in [2.45, 2.75) is 21.6 Å². The van der Waals surface area contributed by atoms with Crippen molar-refractivity contribution in [2.24, 2.45) is 5.92 Å². The summed E-state index contributed by atoms with van der Waals surface area (Å²) in [5, 5.41) is 0. The summed E-state index contributed by atoms with van der Waals surface area (Å²) in [6.45, 7) is 1.88. The lowest BCUT2D eigenvalue weighted by atomic mass is 10.2. The summed E-state index contributed by atoms with van der Waals surface area (Å²) in [6, 6.07) is 28.9. The standard InChI is InChI=1S/C22H20IO2S/c1-17(16-23)22(24)25-18-12-14-21(15-13-18)26(19-8-4-2-5-9-19)20-10-6-3-7-11-20/h2-15,17H,16H2,1H3/q+1. The third-order valence-corrected chi connectivity index (χ3v) is 7.42. The minimum Gasteiger partial charge on any atom is -0.426 e. The van der Waals surface area contributed by atoms with E-state index >= 15 is 0 Å². The van der Waals surface area contributed by atoms with Crippen LogP contribution in [0.1, 0.15) is 6.92 Å². The first-order chi connectivity index (χ1) is 12.7. The number of alkyl halides is 1. The molecule has 0 saturated heterocycles. The Kier molecular flexibility index (Phi) is 6.74. The summed E-state index contributed by atoms with van der Waals surface area (Å²) in [7, 11) is -0.188. The van der Waals surface area contributed by atoms with Gasteiger partial charge in [-0.05, 0) is 48.5 Å². The molecule has 3 rings (SSSR count). The van der Waals surface area contributed by atoms with E-state index in [2.05, 4.69) is 83.3 Å². The molecule has 1 atom stereocenters. The number of ether oxygens (including phenoxy) is 1. The molecule has 2 nitrogen and oxygen atoms in total. The number of hydrogen-bond donors (Lipinski definition) is 0. The van der Waals surface area contributed by atoms with E-state index in [4.69, 9.17) is 4.74 Å². The highest BCUT2D eigenvalue weighted by Gasteiger charge is 2.28. The smallest absolute Gasteiger partial charge is 0.314 e. The fourth-order valence-electron chi connectivity index (χ4n) is 2.44. The van der Waals surface area contributed by atoms with Gasteiger partial charge in [0.1, 0.15) is 5.75 Å². The third kappa shape index (κ3) is 4.68. The zero-order valence-corrected chi connectivity index (χ0v) is 17.4. The Labute approximate surface area is 171 Å². The van der Waals surface area contributed by atoms with Crippen molar-refractivity contribution in [2.75, 3.05) is 4.43 Å². The molecule has 0 amide bonds. The highest BCUT2D eigenvalue weighted by atomic mass is 127. The van der Waals surface area contributed by atoms with Crippen LogP contribution < -0.4 is 4.74 Å². The number of carbonyl (C=O) groups excluding carboxylic acids is 1. The lowest BCUT2D eigenvalue weighted by Gasteiger charge is -2.10. The molecule has 0 spiro atoms. The molecular weight excluding hydrogens is 455 g/mol. The van der Waals surface area contributed by atoms with E-state index in [0.717, 1.165) is 4.43 Å². The molecule has 0 aliphatic carbocycles. The highest BCUT2D eigenvalue weighted by Crippen LogP contribution is 2.32. The Hall–Kier alpha value is -1.79. The lowest BCUT2D eigenvalue weighted by Crippen LogP contribution is -2.18. The molecule has 3 aromatic carbocycles. The van der Waals surface area contributed by atoms with Gasteiger partial charge in [-0.3, -0.25) is 4.79 Å².